The highest BCUT2D eigenvalue weighted by molar-refractivity contribution is 5.79. The smallest absolute Gasteiger partial charge is 0.193 e. The molecular formula is C21H31F2N3O2. The van der Waals surface area contributed by atoms with Crippen LogP contribution in [0.5, 0.6) is 0 Å². The molecule has 2 aliphatic rings. The van der Waals surface area contributed by atoms with Crippen LogP contribution < -0.4 is 5.32 Å². The molecule has 156 valence electrons. The number of piperidine rings is 1. The summed E-state index contributed by atoms with van der Waals surface area (Å²) in [6.45, 7) is 3.78. The van der Waals surface area contributed by atoms with Crippen LogP contribution in [-0.4, -0.2) is 63.0 Å². The SMILES string of the molecule is CN=C(NCCc1cc(F)ccc1F)N1CCC(OCC2CCCCO2)CC1. The lowest BCUT2D eigenvalue weighted by Crippen LogP contribution is -2.47. The zero-order valence-electron chi connectivity index (χ0n) is 16.6. The third kappa shape index (κ3) is 6.14. The Balaban J connectivity index is 1.38. The number of guanidine groups is 1. The second-order valence-electron chi connectivity index (χ2n) is 7.47. The number of nitrogens with one attached hydrogen (secondary N) is 1. The Morgan fingerprint density at radius 2 is 2.07 bits per heavy atom. The second-order valence-corrected chi connectivity index (χ2v) is 7.47. The first-order valence-corrected chi connectivity index (χ1v) is 10.3. The molecule has 1 aromatic carbocycles. The topological polar surface area (TPSA) is 46.1 Å². The van der Waals surface area contributed by atoms with Crippen molar-refractivity contribution in [3.8, 4) is 0 Å². The molecule has 0 spiro atoms. The monoisotopic (exact) mass is 395 g/mol. The van der Waals surface area contributed by atoms with E-state index in [2.05, 4.69) is 15.2 Å². The van der Waals surface area contributed by atoms with E-state index in [0.717, 1.165) is 57.4 Å². The van der Waals surface area contributed by atoms with Crippen molar-refractivity contribution in [1.82, 2.24) is 10.2 Å². The van der Waals surface area contributed by atoms with Gasteiger partial charge in [0.2, 0.25) is 0 Å². The highest BCUT2D eigenvalue weighted by Crippen LogP contribution is 2.18. The van der Waals surface area contributed by atoms with Gasteiger partial charge in [0.15, 0.2) is 5.96 Å². The lowest BCUT2D eigenvalue weighted by atomic mass is 10.1. The van der Waals surface area contributed by atoms with E-state index in [9.17, 15) is 8.78 Å². The maximum absolute atomic E-state index is 13.7. The second kappa shape index (κ2) is 10.7. The fourth-order valence-electron chi connectivity index (χ4n) is 3.79. The zero-order chi connectivity index (χ0) is 19.8. The lowest BCUT2D eigenvalue weighted by molar-refractivity contribution is -0.0721. The summed E-state index contributed by atoms with van der Waals surface area (Å²) < 4.78 is 38.8. The van der Waals surface area contributed by atoms with Gasteiger partial charge in [-0.05, 0) is 62.3 Å². The molecule has 1 aromatic rings. The normalized spacial score (nSPS) is 21.8. The van der Waals surface area contributed by atoms with Gasteiger partial charge in [-0.1, -0.05) is 0 Å². The molecule has 0 amide bonds. The van der Waals surface area contributed by atoms with Crippen LogP contribution in [0.25, 0.3) is 0 Å². The predicted octanol–water partition coefficient (Wildman–Crippen LogP) is 3.13. The molecule has 7 heteroatoms. The molecule has 1 unspecified atom stereocenters. The lowest BCUT2D eigenvalue weighted by Gasteiger charge is -2.35. The summed E-state index contributed by atoms with van der Waals surface area (Å²) in [6, 6.07) is 3.55. The molecule has 1 N–H and O–H groups in total. The number of rotatable bonds is 6. The number of benzene rings is 1. The number of ether oxygens (including phenoxy) is 2. The summed E-state index contributed by atoms with van der Waals surface area (Å²) in [4.78, 5) is 6.52. The first kappa shape index (κ1) is 21.0. The molecule has 0 bridgehead atoms. The van der Waals surface area contributed by atoms with Gasteiger partial charge in [0.1, 0.15) is 11.6 Å². The van der Waals surface area contributed by atoms with Crippen LogP contribution in [0.15, 0.2) is 23.2 Å². The predicted molar refractivity (Wildman–Crippen MR) is 106 cm³/mol. The van der Waals surface area contributed by atoms with Gasteiger partial charge < -0.3 is 19.7 Å². The van der Waals surface area contributed by atoms with Crippen molar-refractivity contribution in [3.63, 3.8) is 0 Å². The number of hydrogen-bond donors (Lipinski definition) is 1. The van der Waals surface area contributed by atoms with Gasteiger partial charge in [-0.15, -0.1) is 0 Å². The number of likely N-dealkylation sites (tertiary alicyclic amines) is 1. The van der Waals surface area contributed by atoms with Crippen LogP contribution in [0, 0.1) is 11.6 Å². The summed E-state index contributed by atoms with van der Waals surface area (Å²) in [5, 5.41) is 3.26. The zero-order valence-corrected chi connectivity index (χ0v) is 16.6. The molecule has 2 fully saturated rings. The average molecular weight is 395 g/mol. The molecule has 0 aromatic heterocycles. The van der Waals surface area contributed by atoms with Crippen molar-refractivity contribution in [1.29, 1.82) is 0 Å². The van der Waals surface area contributed by atoms with E-state index in [1.54, 1.807) is 7.05 Å². The first-order valence-electron chi connectivity index (χ1n) is 10.3. The first-order chi connectivity index (χ1) is 13.7. The summed E-state index contributed by atoms with van der Waals surface area (Å²) in [7, 11) is 1.74. The summed E-state index contributed by atoms with van der Waals surface area (Å²) in [6.07, 6.45) is 6.31. The number of hydrogen-bond acceptors (Lipinski definition) is 3. The summed E-state index contributed by atoms with van der Waals surface area (Å²) in [5.41, 5.74) is 0.375. The Hall–Kier alpha value is -1.73. The minimum atomic E-state index is -0.415. The van der Waals surface area contributed by atoms with Gasteiger partial charge in [0.25, 0.3) is 0 Å². The van der Waals surface area contributed by atoms with Crippen molar-refractivity contribution < 1.29 is 18.3 Å². The third-order valence-corrected chi connectivity index (χ3v) is 5.43. The van der Waals surface area contributed by atoms with E-state index >= 15 is 0 Å². The van der Waals surface area contributed by atoms with Gasteiger partial charge in [0.05, 0.1) is 18.8 Å². The Morgan fingerprint density at radius 1 is 1.25 bits per heavy atom. The number of halogens is 2. The molecule has 28 heavy (non-hydrogen) atoms. The molecule has 0 aliphatic carbocycles. The molecule has 5 nitrogen and oxygen atoms in total. The quantitative estimate of drug-likeness (QED) is 0.594. The van der Waals surface area contributed by atoms with Gasteiger partial charge in [0, 0.05) is 33.3 Å². The van der Waals surface area contributed by atoms with Crippen molar-refractivity contribution in [3.05, 3.63) is 35.4 Å². The standard InChI is InChI=1S/C21H31F2N3O2/c1-24-21(25-10-7-16-14-17(22)5-6-20(16)23)26-11-8-18(9-12-26)28-15-19-4-2-3-13-27-19/h5-6,14,18-19H,2-4,7-13,15H2,1H3,(H,24,25). The van der Waals surface area contributed by atoms with E-state index in [1.807, 2.05) is 0 Å². The maximum Gasteiger partial charge on any atom is 0.193 e. The Kier molecular flexibility index (Phi) is 8.03. The number of aliphatic imine (C=N–C) groups is 1. The molecule has 3 rings (SSSR count). The fraction of sp³-hybridized carbons (Fsp3) is 0.667. The van der Waals surface area contributed by atoms with E-state index in [-0.39, 0.29) is 18.0 Å². The van der Waals surface area contributed by atoms with Gasteiger partial charge in [-0.25, -0.2) is 8.78 Å². The molecule has 2 heterocycles. The molecule has 0 radical (unpaired) electrons. The Labute approximate surface area is 166 Å². The van der Waals surface area contributed by atoms with E-state index in [4.69, 9.17) is 9.47 Å². The minimum Gasteiger partial charge on any atom is -0.376 e. The summed E-state index contributed by atoms with van der Waals surface area (Å²) in [5.74, 6) is 0.00505. The van der Waals surface area contributed by atoms with Gasteiger partial charge in [-0.2, -0.15) is 0 Å². The molecule has 2 saturated heterocycles. The van der Waals surface area contributed by atoms with Crippen molar-refractivity contribution >= 4 is 5.96 Å². The van der Waals surface area contributed by atoms with Crippen molar-refractivity contribution in [2.45, 2.75) is 50.7 Å². The van der Waals surface area contributed by atoms with Crippen LogP contribution in [0.3, 0.4) is 0 Å². The van der Waals surface area contributed by atoms with Crippen LogP contribution >= 0.6 is 0 Å². The molecule has 0 saturated carbocycles. The van der Waals surface area contributed by atoms with E-state index in [0.29, 0.717) is 25.1 Å². The Morgan fingerprint density at radius 3 is 2.79 bits per heavy atom. The van der Waals surface area contributed by atoms with Gasteiger partial charge >= 0.3 is 0 Å². The van der Waals surface area contributed by atoms with Crippen LogP contribution in [-0.2, 0) is 15.9 Å². The molecule has 2 aliphatic heterocycles. The largest absolute Gasteiger partial charge is 0.376 e. The highest BCUT2D eigenvalue weighted by atomic mass is 19.1. The van der Waals surface area contributed by atoms with Gasteiger partial charge in [-0.3, -0.25) is 4.99 Å². The molecule has 1 atom stereocenters. The summed E-state index contributed by atoms with van der Waals surface area (Å²) >= 11 is 0. The minimum absolute atomic E-state index is 0.254. The third-order valence-electron chi connectivity index (χ3n) is 5.43. The van der Waals surface area contributed by atoms with E-state index < -0.39 is 5.82 Å². The van der Waals surface area contributed by atoms with Crippen LogP contribution in [0.4, 0.5) is 8.78 Å². The maximum atomic E-state index is 13.7. The Bertz CT molecular complexity index is 643. The molecular weight excluding hydrogens is 364 g/mol. The highest BCUT2D eigenvalue weighted by Gasteiger charge is 2.23. The van der Waals surface area contributed by atoms with Crippen molar-refractivity contribution in [2.75, 3.05) is 39.9 Å². The van der Waals surface area contributed by atoms with Crippen LogP contribution in [0.1, 0.15) is 37.7 Å². The van der Waals surface area contributed by atoms with Crippen LogP contribution in [0.2, 0.25) is 0 Å². The van der Waals surface area contributed by atoms with E-state index in [1.165, 1.54) is 18.6 Å². The average Bonchev–Trinajstić information content (AvgIpc) is 2.73. The number of nitrogens with zero attached hydrogens (tertiary/aromatic N) is 2. The van der Waals surface area contributed by atoms with Crippen molar-refractivity contribution in [2.24, 2.45) is 4.99 Å². The fourth-order valence-corrected chi connectivity index (χ4v) is 3.79.